The number of imide groups is 1. The molecular weight excluding hydrogens is 310 g/mol. The summed E-state index contributed by atoms with van der Waals surface area (Å²) in [4.78, 5) is 39.8. The molecule has 1 aromatic rings. The molecule has 1 atom stereocenters. The Morgan fingerprint density at radius 1 is 1.38 bits per heavy atom. The van der Waals surface area contributed by atoms with E-state index in [-0.39, 0.29) is 24.4 Å². The SMILES string of the molecule is Cc1cn[nH]c1[C@H]1CCCCN1C(=O)CN1C(=O)NC(C)(C)C1=O. The van der Waals surface area contributed by atoms with E-state index >= 15 is 0 Å². The summed E-state index contributed by atoms with van der Waals surface area (Å²) in [6.07, 6.45) is 4.54. The summed E-state index contributed by atoms with van der Waals surface area (Å²) in [6.45, 7) is 5.62. The van der Waals surface area contributed by atoms with Crippen LogP contribution in [-0.4, -0.2) is 56.5 Å². The Morgan fingerprint density at radius 3 is 2.71 bits per heavy atom. The fraction of sp³-hybridized carbons (Fsp3) is 0.625. The minimum atomic E-state index is -0.960. The van der Waals surface area contributed by atoms with Crippen LogP contribution in [0.3, 0.4) is 0 Å². The Hall–Kier alpha value is -2.38. The van der Waals surface area contributed by atoms with Crippen molar-refractivity contribution in [2.45, 2.75) is 51.6 Å². The third-order valence-electron chi connectivity index (χ3n) is 4.76. The molecule has 2 N–H and O–H groups in total. The average Bonchev–Trinajstić information content (AvgIpc) is 3.04. The fourth-order valence-electron chi connectivity index (χ4n) is 3.41. The third kappa shape index (κ3) is 2.76. The maximum atomic E-state index is 12.8. The maximum Gasteiger partial charge on any atom is 0.325 e. The summed E-state index contributed by atoms with van der Waals surface area (Å²) in [5.74, 6) is -0.581. The van der Waals surface area contributed by atoms with Gasteiger partial charge in [-0.05, 0) is 45.6 Å². The van der Waals surface area contributed by atoms with Crippen molar-refractivity contribution in [3.05, 3.63) is 17.5 Å². The smallest absolute Gasteiger partial charge is 0.325 e. The van der Waals surface area contributed by atoms with Gasteiger partial charge < -0.3 is 10.2 Å². The van der Waals surface area contributed by atoms with E-state index in [1.807, 2.05) is 6.92 Å². The van der Waals surface area contributed by atoms with Crippen LogP contribution in [0.15, 0.2) is 6.20 Å². The predicted octanol–water partition coefficient (Wildman–Crippen LogP) is 1.10. The highest BCUT2D eigenvalue weighted by molar-refractivity contribution is 6.08. The molecule has 8 nitrogen and oxygen atoms in total. The Morgan fingerprint density at radius 2 is 2.12 bits per heavy atom. The van der Waals surface area contributed by atoms with Crippen molar-refractivity contribution in [1.29, 1.82) is 0 Å². The number of H-pyrrole nitrogens is 1. The minimum Gasteiger partial charge on any atom is -0.333 e. The molecule has 2 aliphatic rings. The number of aromatic nitrogens is 2. The van der Waals surface area contributed by atoms with Crippen LogP contribution in [-0.2, 0) is 9.59 Å². The number of likely N-dealkylation sites (tertiary alicyclic amines) is 1. The number of carbonyl (C=O) groups excluding carboxylic acids is 3. The van der Waals surface area contributed by atoms with Crippen LogP contribution in [0, 0.1) is 6.92 Å². The molecule has 0 spiro atoms. The molecule has 2 fully saturated rings. The molecule has 24 heavy (non-hydrogen) atoms. The van der Waals surface area contributed by atoms with Crippen molar-refractivity contribution in [3.63, 3.8) is 0 Å². The van der Waals surface area contributed by atoms with E-state index in [2.05, 4.69) is 15.5 Å². The van der Waals surface area contributed by atoms with Crippen molar-refractivity contribution < 1.29 is 14.4 Å². The van der Waals surface area contributed by atoms with Gasteiger partial charge in [0.05, 0.1) is 17.9 Å². The quantitative estimate of drug-likeness (QED) is 0.809. The van der Waals surface area contributed by atoms with Crippen LogP contribution in [0.2, 0.25) is 0 Å². The van der Waals surface area contributed by atoms with E-state index in [4.69, 9.17) is 0 Å². The normalized spacial score (nSPS) is 23.5. The second-order valence-corrected chi connectivity index (χ2v) is 7.01. The van der Waals surface area contributed by atoms with E-state index in [1.165, 1.54) is 0 Å². The third-order valence-corrected chi connectivity index (χ3v) is 4.76. The van der Waals surface area contributed by atoms with Crippen molar-refractivity contribution in [1.82, 2.24) is 25.3 Å². The van der Waals surface area contributed by atoms with E-state index in [0.717, 1.165) is 35.4 Å². The largest absolute Gasteiger partial charge is 0.333 e. The van der Waals surface area contributed by atoms with Gasteiger partial charge >= 0.3 is 6.03 Å². The van der Waals surface area contributed by atoms with Gasteiger partial charge in [-0.1, -0.05) is 0 Å². The lowest BCUT2D eigenvalue weighted by Crippen LogP contribution is -2.47. The number of rotatable bonds is 3. The summed E-state index contributed by atoms with van der Waals surface area (Å²) in [5.41, 5.74) is 0.981. The maximum absolute atomic E-state index is 12.8. The minimum absolute atomic E-state index is 0.0810. The van der Waals surface area contributed by atoms with Gasteiger partial charge in [-0.3, -0.25) is 19.6 Å². The molecule has 2 saturated heterocycles. The molecule has 8 heteroatoms. The summed E-state index contributed by atoms with van der Waals surface area (Å²) in [7, 11) is 0. The van der Waals surface area contributed by atoms with Crippen molar-refractivity contribution in [2.24, 2.45) is 0 Å². The Bertz CT molecular complexity index is 681. The molecule has 0 unspecified atom stereocenters. The number of hydrogen-bond donors (Lipinski definition) is 2. The zero-order chi connectivity index (χ0) is 17.5. The molecule has 0 aromatic carbocycles. The second kappa shape index (κ2) is 5.92. The number of amides is 4. The van der Waals surface area contributed by atoms with Crippen LogP contribution in [0.1, 0.15) is 50.4 Å². The van der Waals surface area contributed by atoms with Gasteiger partial charge in [-0.15, -0.1) is 0 Å². The lowest BCUT2D eigenvalue weighted by Gasteiger charge is -2.36. The zero-order valence-electron chi connectivity index (χ0n) is 14.3. The first-order valence-corrected chi connectivity index (χ1v) is 8.24. The second-order valence-electron chi connectivity index (χ2n) is 7.01. The Balaban J connectivity index is 1.77. The lowest BCUT2D eigenvalue weighted by atomic mass is 9.97. The van der Waals surface area contributed by atoms with Crippen LogP contribution in [0.25, 0.3) is 0 Å². The number of carbonyl (C=O) groups is 3. The van der Waals surface area contributed by atoms with Gasteiger partial charge in [-0.2, -0.15) is 5.10 Å². The highest BCUT2D eigenvalue weighted by atomic mass is 16.2. The number of hydrogen-bond acceptors (Lipinski definition) is 4. The molecule has 3 rings (SSSR count). The summed E-state index contributed by atoms with van der Waals surface area (Å²) >= 11 is 0. The number of aromatic amines is 1. The van der Waals surface area contributed by atoms with Crippen LogP contribution < -0.4 is 5.32 Å². The fourth-order valence-corrected chi connectivity index (χ4v) is 3.41. The molecule has 0 aliphatic carbocycles. The van der Waals surface area contributed by atoms with E-state index in [0.29, 0.717) is 6.54 Å². The first kappa shape index (κ1) is 16.5. The van der Waals surface area contributed by atoms with E-state index < -0.39 is 11.6 Å². The van der Waals surface area contributed by atoms with Gasteiger partial charge in [0.2, 0.25) is 5.91 Å². The molecule has 2 aliphatic heterocycles. The standard InChI is InChI=1S/C16H23N5O3/c1-10-8-17-19-13(10)11-6-4-5-7-20(11)12(22)9-21-14(23)16(2,3)18-15(21)24/h8,11H,4-7,9H2,1-3H3,(H,17,19)(H,18,24)/t11-/m1/s1. The van der Waals surface area contributed by atoms with Crippen LogP contribution in [0.4, 0.5) is 4.79 Å². The molecule has 0 saturated carbocycles. The number of piperidine rings is 1. The Labute approximate surface area is 140 Å². The zero-order valence-corrected chi connectivity index (χ0v) is 14.3. The van der Waals surface area contributed by atoms with E-state index in [9.17, 15) is 14.4 Å². The first-order valence-electron chi connectivity index (χ1n) is 8.24. The average molecular weight is 333 g/mol. The van der Waals surface area contributed by atoms with Gasteiger partial charge in [0.15, 0.2) is 0 Å². The first-order chi connectivity index (χ1) is 11.3. The summed E-state index contributed by atoms with van der Waals surface area (Å²) in [6, 6.07) is -0.591. The van der Waals surface area contributed by atoms with Gasteiger partial charge in [0.25, 0.3) is 5.91 Å². The molecular formula is C16H23N5O3. The van der Waals surface area contributed by atoms with Crippen molar-refractivity contribution in [3.8, 4) is 0 Å². The molecule has 3 heterocycles. The number of aryl methyl sites for hydroxylation is 1. The molecule has 4 amide bonds. The molecule has 0 radical (unpaired) electrons. The van der Waals surface area contributed by atoms with Gasteiger partial charge in [0, 0.05) is 6.54 Å². The van der Waals surface area contributed by atoms with Crippen LogP contribution in [0.5, 0.6) is 0 Å². The number of nitrogens with one attached hydrogen (secondary N) is 2. The predicted molar refractivity (Wildman–Crippen MR) is 86.0 cm³/mol. The highest BCUT2D eigenvalue weighted by Crippen LogP contribution is 2.31. The summed E-state index contributed by atoms with van der Waals surface area (Å²) < 4.78 is 0. The van der Waals surface area contributed by atoms with Crippen LogP contribution >= 0.6 is 0 Å². The molecule has 130 valence electrons. The van der Waals surface area contributed by atoms with Gasteiger partial charge in [0.1, 0.15) is 12.1 Å². The topological polar surface area (TPSA) is 98.4 Å². The molecule has 0 bridgehead atoms. The number of urea groups is 1. The Kier molecular flexibility index (Phi) is 4.06. The van der Waals surface area contributed by atoms with Crippen molar-refractivity contribution in [2.75, 3.05) is 13.1 Å². The highest BCUT2D eigenvalue weighted by Gasteiger charge is 2.45. The summed E-state index contributed by atoms with van der Waals surface area (Å²) in [5, 5.41) is 9.63. The van der Waals surface area contributed by atoms with E-state index in [1.54, 1.807) is 24.9 Å². The molecule has 1 aromatic heterocycles. The lowest BCUT2D eigenvalue weighted by molar-refractivity contribution is -0.141. The number of nitrogens with zero attached hydrogens (tertiary/aromatic N) is 3. The van der Waals surface area contributed by atoms with Gasteiger partial charge in [-0.25, -0.2) is 4.79 Å². The monoisotopic (exact) mass is 333 g/mol. The van der Waals surface area contributed by atoms with Crippen molar-refractivity contribution >= 4 is 17.8 Å².